The van der Waals surface area contributed by atoms with Crippen LogP contribution in [0.15, 0.2) is 0 Å². The molecule has 0 aromatic carbocycles. The van der Waals surface area contributed by atoms with E-state index in [1.165, 1.54) is 6.92 Å². The van der Waals surface area contributed by atoms with E-state index in [1.807, 2.05) is 0 Å². The first-order valence-corrected chi connectivity index (χ1v) is 3.19. The Morgan fingerprint density at radius 2 is 2.17 bits per heavy atom. The van der Waals surface area contributed by atoms with Crippen LogP contribution in [0.25, 0.3) is 0 Å². The molecule has 0 saturated heterocycles. The average molecular weight is 186 g/mol. The van der Waals surface area contributed by atoms with E-state index < -0.39 is 24.8 Å². The molecule has 2 N–H and O–H groups in total. The molecule has 0 aromatic heterocycles. The van der Waals surface area contributed by atoms with Crippen molar-refractivity contribution in [3.8, 4) is 0 Å². The maximum atomic E-state index is 10.0. The van der Waals surface area contributed by atoms with Gasteiger partial charge in [0.2, 0.25) is 0 Å². The fraction of sp³-hybridized carbons (Fsp3) is 0.833. The number of carboxylic acids is 1. The first-order chi connectivity index (χ1) is 5.07. The molecule has 0 spiro atoms. The van der Waals surface area contributed by atoms with Gasteiger partial charge < -0.3 is 24.9 Å². The van der Waals surface area contributed by atoms with Gasteiger partial charge in [-0.25, -0.2) is 0 Å². The molecule has 0 radical (unpaired) electrons. The van der Waals surface area contributed by atoms with Crippen LogP contribution in [0.3, 0.4) is 0 Å². The van der Waals surface area contributed by atoms with Crippen LogP contribution in [0.5, 0.6) is 0 Å². The molecule has 5 nitrogen and oxygen atoms in total. The molecule has 0 aliphatic rings. The molecule has 66 valence electrons. The third kappa shape index (κ3) is 7.02. The van der Waals surface area contributed by atoms with Gasteiger partial charge in [0.05, 0.1) is 25.3 Å². The Kier molecular flexibility index (Phi) is 9.87. The Hall–Kier alpha value is 0.350. The van der Waals surface area contributed by atoms with Gasteiger partial charge in [-0.05, 0) is 6.92 Å². The van der Waals surface area contributed by atoms with Crippen molar-refractivity contribution >= 4 is 5.97 Å². The molecule has 0 bridgehead atoms. The van der Waals surface area contributed by atoms with Crippen LogP contribution in [0, 0.1) is 0 Å². The minimum absolute atomic E-state index is 0. The zero-order valence-corrected chi connectivity index (χ0v) is 9.19. The van der Waals surface area contributed by atoms with Crippen molar-refractivity contribution in [3.63, 3.8) is 0 Å². The Morgan fingerprint density at radius 1 is 1.67 bits per heavy atom. The number of carbonyl (C=O) groups is 1. The number of aliphatic hydroxyl groups is 2. The largest absolute Gasteiger partial charge is 1.00 e. The predicted octanol–water partition coefficient (Wildman–Crippen LogP) is -5.50. The average Bonchev–Trinajstić information content (AvgIpc) is 1.99. The summed E-state index contributed by atoms with van der Waals surface area (Å²) in [6.07, 6.45) is -2.09. The summed E-state index contributed by atoms with van der Waals surface area (Å²) in [6, 6.07) is 0. The van der Waals surface area contributed by atoms with Gasteiger partial charge in [-0.2, -0.15) is 0 Å². The van der Waals surface area contributed by atoms with E-state index in [0.29, 0.717) is 0 Å². The van der Waals surface area contributed by atoms with Crippen molar-refractivity contribution in [2.24, 2.45) is 0 Å². The molecule has 0 aliphatic heterocycles. The molecule has 2 atom stereocenters. The molecule has 0 fully saturated rings. The fourth-order valence-electron chi connectivity index (χ4n) is 0.376. The van der Waals surface area contributed by atoms with Crippen molar-refractivity contribution < 1.29 is 54.4 Å². The summed E-state index contributed by atoms with van der Waals surface area (Å²) in [7, 11) is 0. The van der Waals surface area contributed by atoms with Gasteiger partial charge in [-0.1, -0.05) is 0 Å². The van der Waals surface area contributed by atoms with Crippen molar-refractivity contribution in [1.82, 2.24) is 0 Å². The molecule has 2 unspecified atom stereocenters. The predicted molar refractivity (Wildman–Crippen MR) is 33.5 cm³/mol. The number of hydrogen-bond donors (Lipinski definition) is 2. The van der Waals surface area contributed by atoms with Crippen LogP contribution in [0.2, 0.25) is 0 Å². The second-order valence-corrected chi connectivity index (χ2v) is 2.13. The van der Waals surface area contributed by atoms with Crippen molar-refractivity contribution in [3.05, 3.63) is 0 Å². The van der Waals surface area contributed by atoms with E-state index >= 15 is 0 Å². The quantitative estimate of drug-likeness (QED) is 0.418. The van der Waals surface area contributed by atoms with E-state index in [4.69, 9.17) is 10.2 Å². The third-order valence-corrected chi connectivity index (χ3v) is 1.08. The molecule has 0 aromatic rings. The van der Waals surface area contributed by atoms with Gasteiger partial charge in [0.25, 0.3) is 0 Å². The van der Waals surface area contributed by atoms with Gasteiger partial charge in [0.1, 0.15) is 6.10 Å². The van der Waals surface area contributed by atoms with E-state index in [0.717, 1.165) is 0 Å². The Bertz CT molecular complexity index is 129. The van der Waals surface area contributed by atoms with Crippen LogP contribution in [0.1, 0.15) is 6.92 Å². The molecular weight excluding hydrogens is 175 g/mol. The van der Waals surface area contributed by atoms with Crippen LogP contribution < -0.4 is 34.7 Å². The molecule has 0 aliphatic carbocycles. The zero-order chi connectivity index (χ0) is 8.85. The van der Waals surface area contributed by atoms with Gasteiger partial charge >= 0.3 is 29.6 Å². The number of aliphatic carboxylic acids is 1. The second kappa shape index (κ2) is 7.97. The number of ether oxygens (including phenoxy) is 1. The molecular formula is C6H11NaO5. The first-order valence-electron chi connectivity index (χ1n) is 3.19. The minimum atomic E-state index is -1.34. The molecule has 6 heteroatoms. The Labute approximate surface area is 92.6 Å². The summed E-state index contributed by atoms with van der Waals surface area (Å²) < 4.78 is 4.58. The standard InChI is InChI=1S/C6H12O5.Na/c1-4(6(9)10)11-3-5(8)2-7;/h4-5,7-8H,2-3H2,1H3,(H,9,10);/q;+1/p-1. The van der Waals surface area contributed by atoms with Gasteiger partial charge in [0, 0.05) is 0 Å². The summed E-state index contributed by atoms with van der Waals surface area (Å²) in [4.78, 5) is 10.0. The maximum absolute atomic E-state index is 10.0. The number of hydrogen-bond acceptors (Lipinski definition) is 5. The van der Waals surface area contributed by atoms with Crippen LogP contribution >= 0.6 is 0 Å². The van der Waals surface area contributed by atoms with Gasteiger partial charge in [-0.3, -0.25) is 0 Å². The van der Waals surface area contributed by atoms with Crippen molar-refractivity contribution in [1.29, 1.82) is 0 Å². The minimum Gasteiger partial charge on any atom is -0.547 e. The monoisotopic (exact) mass is 186 g/mol. The summed E-state index contributed by atoms with van der Waals surface area (Å²) in [5, 5.41) is 27.0. The zero-order valence-electron chi connectivity index (χ0n) is 7.19. The second-order valence-electron chi connectivity index (χ2n) is 2.13. The molecule has 0 amide bonds. The van der Waals surface area contributed by atoms with Gasteiger partial charge in [0.15, 0.2) is 0 Å². The molecule has 0 rings (SSSR count). The maximum Gasteiger partial charge on any atom is 1.00 e. The van der Waals surface area contributed by atoms with Gasteiger partial charge in [-0.15, -0.1) is 0 Å². The smallest absolute Gasteiger partial charge is 0.547 e. The Balaban J connectivity index is 0. The van der Waals surface area contributed by atoms with E-state index in [-0.39, 0.29) is 36.2 Å². The number of aliphatic hydroxyl groups excluding tert-OH is 2. The number of rotatable bonds is 5. The van der Waals surface area contributed by atoms with Crippen molar-refractivity contribution in [2.45, 2.75) is 19.1 Å². The van der Waals surface area contributed by atoms with E-state index in [1.54, 1.807) is 0 Å². The number of carboxylic acid groups (broad SMARTS) is 1. The summed E-state index contributed by atoms with van der Waals surface area (Å²) in [5.41, 5.74) is 0. The summed E-state index contributed by atoms with van der Waals surface area (Å²) >= 11 is 0. The molecule has 0 saturated carbocycles. The molecule has 0 heterocycles. The molecule has 12 heavy (non-hydrogen) atoms. The van der Waals surface area contributed by atoms with Crippen LogP contribution in [-0.4, -0.2) is 41.6 Å². The fourth-order valence-corrected chi connectivity index (χ4v) is 0.376. The summed E-state index contributed by atoms with van der Waals surface area (Å²) in [5.74, 6) is -1.34. The van der Waals surface area contributed by atoms with Crippen molar-refractivity contribution in [2.75, 3.05) is 13.2 Å². The van der Waals surface area contributed by atoms with E-state index in [2.05, 4.69) is 4.74 Å². The normalized spacial score (nSPS) is 14.6. The topological polar surface area (TPSA) is 89.8 Å². The SMILES string of the molecule is CC(OCC(O)CO)C(=O)[O-].[Na+]. The van der Waals surface area contributed by atoms with Crippen LogP contribution in [-0.2, 0) is 9.53 Å². The first kappa shape index (κ1) is 14.9. The Morgan fingerprint density at radius 3 is 2.50 bits per heavy atom. The van der Waals surface area contributed by atoms with Crippen LogP contribution in [0.4, 0.5) is 0 Å². The third-order valence-electron chi connectivity index (χ3n) is 1.08. The number of carbonyl (C=O) groups excluding carboxylic acids is 1. The van der Waals surface area contributed by atoms with E-state index in [9.17, 15) is 9.90 Å². The summed E-state index contributed by atoms with van der Waals surface area (Å²) in [6.45, 7) is 0.644.